The number of benzene rings is 3. The summed E-state index contributed by atoms with van der Waals surface area (Å²) in [5, 5.41) is 11.2. The fraction of sp³-hybridized carbons (Fsp3) is 0.286. The lowest BCUT2D eigenvalue weighted by molar-refractivity contribution is -0.156. The molecule has 1 heterocycles. The fourth-order valence-electron chi connectivity index (χ4n) is 4.46. The highest BCUT2D eigenvalue weighted by Crippen LogP contribution is 2.36. The minimum Gasteiger partial charge on any atom is -0.444 e. The molecule has 1 aliphatic rings. The van der Waals surface area contributed by atoms with E-state index in [-0.39, 0.29) is 25.2 Å². The average molecular weight is 459 g/mol. The summed E-state index contributed by atoms with van der Waals surface area (Å²) in [6.07, 6.45) is -1.57. The molecule has 1 saturated heterocycles. The third kappa shape index (κ3) is 4.97. The maximum Gasteiger partial charge on any atom is 0.411 e. The van der Waals surface area contributed by atoms with E-state index in [1.54, 1.807) is 28.9 Å². The number of rotatable bonds is 6. The van der Waals surface area contributed by atoms with E-state index in [9.17, 15) is 14.7 Å². The quantitative estimate of drug-likeness (QED) is 0.569. The van der Waals surface area contributed by atoms with Crippen LogP contribution in [-0.4, -0.2) is 39.6 Å². The summed E-state index contributed by atoms with van der Waals surface area (Å²) in [4.78, 5) is 30.1. The van der Waals surface area contributed by atoms with E-state index in [4.69, 9.17) is 4.74 Å². The summed E-state index contributed by atoms with van der Waals surface area (Å²) in [7, 11) is 0. The molecule has 1 fully saturated rings. The number of hydrogen-bond donors (Lipinski definition) is 1. The van der Waals surface area contributed by atoms with Crippen LogP contribution in [0.1, 0.15) is 42.7 Å². The minimum absolute atomic E-state index is 0.0850. The van der Waals surface area contributed by atoms with E-state index in [2.05, 4.69) is 0 Å². The van der Waals surface area contributed by atoms with Crippen LogP contribution in [0.15, 0.2) is 91.0 Å². The predicted molar refractivity (Wildman–Crippen MR) is 129 cm³/mol. The first-order valence-corrected chi connectivity index (χ1v) is 11.5. The molecule has 6 heteroatoms. The Hall–Kier alpha value is -3.64. The van der Waals surface area contributed by atoms with Gasteiger partial charge < -0.3 is 14.7 Å². The monoisotopic (exact) mass is 458 g/mol. The predicted octanol–water partition coefficient (Wildman–Crippen LogP) is 4.92. The highest BCUT2D eigenvalue weighted by molar-refractivity contribution is 5.83. The maximum atomic E-state index is 13.7. The number of hydrogen-bond acceptors (Lipinski definition) is 4. The van der Waals surface area contributed by atoms with Crippen molar-refractivity contribution in [3.8, 4) is 0 Å². The van der Waals surface area contributed by atoms with Gasteiger partial charge in [-0.3, -0.25) is 9.69 Å². The molecule has 1 aliphatic heterocycles. The lowest BCUT2D eigenvalue weighted by Gasteiger charge is -2.47. The molecule has 3 aromatic rings. The molecule has 6 nitrogen and oxygen atoms in total. The minimum atomic E-state index is -1.06. The summed E-state index contributed by atoms with van der Waals surface area (Å²) < 4.78 is 5.61. The molecular formula is C28H30N2O4. The topological polar surface area (TPSA) is 70.1 Å². The van der Waals surface area contributed by atoms with E-state index in [0.29, 0.717) is 5.56 Å². The summed E-state index contributed by atoms with van der Waals surface area (Å²) in [5.41, 5.74) is 2.47. The molecule has 0 bridgehead atoms. The van der Waals surface area contributed by atoms with Gasteiger partial charge in [0.2, 0.25) is 5.91 Å². The lowest BCUT2D eigenvalue weighted by Crippen LogP contribution is -2.61. The van der Waals surface area contributed by atoms with E-state index < -0.39 is 24.2 Å². The van der Waals surface area contributed by atoms with Crippen molar-refractivity contribution >= 4 is 12.0 Å². The van der Waals surface area contributed by atoms with Gasteiger partial charge in [-0.05, 0) is 30.5 Å². The highest BCUT2D eigenvalue weighted by atomic mass is 16.6. The highest BCUT2D eigenvalue weighted by Gasteiger charge is 2.46. The molecule has 1 N–H and O–H groups in total. The second-order valence-corrected chi connectivity index (χ2v) is 8.67. The van der Waals surface area contributed by atoms with E-state index in [1.807, 2.05) is 85.8 Å². The van der Waals surface area contributed by atoms with Crippen LogP contribution in [0.2, 0.25) is 0 Å². The van der Waals surface area contributed by atoms with Crippen molar-refractivity contribution in [2.24, 2.45) is 5.92 Å². The molecule has 4 atom stereocenters. The molecular weight excluding hydrogens is 428 g/mol. The van der Waals surface area contributed by atoms with Gasteiger partial charge >= 0.3 is 6.09 Å². The van der Waals surface area contributed by atoms with Crippen molar-refractivity contribution in [1.82, 2.24) is 9.80 Å². The largest absolute Gasteiger partial charge is 0.444 e. The molecule has 0 unspecified atom stereocenters. The summed E-state index contributed by atoms with van der Waals surface area (Å²) >= 11 is 0. The van der Waals surface area contributed by atoms with Crippen molar-refractivity contribution in [2.45, 2.75) is 38.6 Å². The zero-order valence-corrected chi connectivity index (χ0v) is 19.5. The second-order valence-electron chi connectivity index (χ2n) is 8.67. The van der Waals surface area contributed by atoms with Crippen LogP contribution >= 0.6 is 0 Å². The average Bonchev–Trinajstić information content (AvgIpc) is 2.88. The molecule has 0 aliphatic carbocycles. The Bertz CT molecular complexity index is 1090. The van der Waals surface area contributed by atoms with Crippen LogP contribution in [-0.2, 0) is 16.1 Å². The zero-order chi connectivity index (χ0) is 24.1. The molecule has 0 radical (unpaired) electrons. The van der Waals surface area contributed by atoms with Crippen LogP contribution < -0.4 is 0 Å². The molecule has 2 amide bonds. The SMILES string of the molecule is C[C@@H](c1ccccc1)N1CN(C(=O)OCc2ccccc2)[C@@H](C)[C@H]([C@@H](O)c2ccccc2)C1=O. The Morgan fingerprint density at radius 3 is 2.06 bits per heavy atom. The first-order valence-electron chi connectivity index (χ1n) is 11.5. The molecule has 0 spiro atoms. The van der Waals surface area contributed by atoms with Crippen molar-refractivity contribution in [3.63, 3.8) is 0 Å². The molecule has 34 heavy (non-hydrogen) atoms. The Balaban J connectivity index is 1.62. The van der Waals surface area contributed by atoms with Gasteiger partial charge in [-0.15, -0.1) is 0 Å². The van der Waals surface area contributed by atoms with Gasteiger partial charge in [0.15, 0.2) is 0 Å². The molecule has 176 valence electrons. The number of amides is 2. The van der Waals surface area contributed by atoms with Crippen molar-refractivity contribution < 1.29 is 19.4 Å². The number of ether oxygens (including phenoxy) is 1. The Labute approximate surface area is 200 Å². The standard InChI is InChI=1S/C28H30N2O4/c1-20(23-14-8-4-9-15-23)29-19-30(28(33)34-18-22-12-6-3-7-13-22)21(2)25(27(29)32)26(31)24-16-10-5-11-17-24/h3-17,20-21,25-26,31H,18-19H2,1-2H3/t20-,21-,25+,26-/m0/s1. The smallest absolute Gasteiger partial charge is 0.411 e. The Morgan fingerprint density at radius 1 is 0.941 bits per heavy atom. The first-order chi connectivity index (χ1) is 16.5. The van der Waals surface area contributed by atoms with E-state index in [1.165, 1.54) is 0 Å². The molecule has 0 aromatic heterocycles. The Kier molecular flexibility index (Phi) is 7.28. The van der Waals surface area contributed by atoms with Gasteiger partial charge in [0.1, 0.15) is 6.61 Å². The number of aliphatic hydroxyl groups excluding tert-OH is 1. The van der Waals surface area contributed by atoms with Crippen molar-refractivity contribution in [1.29, 1.82) is 0 Å². The van der Waals surface area contributed by atoms with E-state index >= 15 is 0 Å². The maximum absolute atomic E-state index is 13.7. The van der Waals surface area contributed by atoms with E-state index in [0.717, 1.165) is 11.1 Å². The first kappa shape index (κ1) is 23.5. The van der Waals surface area contributed by atoms with Crippen molar-refractivity contribution in [3.05, 3.63) is 108 Å². The fourth-order valence-corrected chi connectivity index (χ4v) is 4.46. The van der Waals surface area contributed by atoms with Crippen LogP contribution in [0.3, 0.4) is 0 Å². The number of carbonyl (C=O) groups excluding carboxylic acids is 2. The summed E-state index contributed by atoms with van der Waals surface area (Å²) in [6.45, 7) is 3.95. The second kappa shape index (κ2) is 10.5. The number of aliphatic hydroxyl groups is 1. The van der Waals surface area contributed by atoms with Crippen LogP contribution in [0.4, 0.5) is 4.79 Å². The van der Waals surface area contributed by atoms with Crippen LogP contribution in [0, 0.1) is 5.92 Å². The van der Waals surface area contributed by atoms with Gasteiger partial charge in [-0.1, -0.05) is 91.0 Å². The Morgan fingerprint density at radius 2 is 1.47 bits per heavy atom. The molecule has 4 rings (SSSR count). The number of nitrogens with zero attached hydrogens (tertiary/aromatic N) is 2. The number of carbonyl (C=O) groups is 2. The van der Waals surface area contributed by atoms with Gasteiger partial charge in [-0.25, -0.2) is 4.79 Å². The summed E-state index contributed by atoms with van der Waals surface area (Å²) in [6, 6.07) is 27.4. The normalized spacial score (nSPS) is 20.0. The van der Waals surface area contributed by atoms with Crippen LogP contribution in [0.5, 0.6) is 0 Å². The zero-order valence-electron chi connectivity index (χ0n) is 19.5. The molecule has 0 saturated carbocycles. The third-order valence-corrected chi connectivity index (χ3v) is 6.55. The lowest BCUT2D eigenvalue weighted by atomic mass is 9.85. The summed E-state index contributed by atoms with van der Waals surface area (Å²) in [5.74, 6) is -1.01. The van der Waals surface area contributed by atoms with Gasteiger partial charge in [0.05, 0.1) is 24.7 Å². The van der Waals surface area contributed by atoms with Crippen molar-refractivity contribution in [2.75, 3.05) is 6.67 Å². The van der Waals surface area contributed by atoms with Gasteiger partial charge in [0.25, 0.3) is 0 Å². The third-order valence-electron chi connectivity index (χ3n) is 6.55. The van der Waals surface area contributed by atoms with Gasteiger partial charge in [-0.2, -0.15) is 0 Å². The molecule has 3 aromatic carbocycles. The van der Waals surface area contributed by atoms with Gasteiger partial charge in [0, 0.05) is 6.04 Å². The van der Waals surface area contributed by atoms with Crippen LogP contribution in [0.25, 0.3) is 0 Å².